The van der Waals surface area contributed by atoms with Crippen molar-refractivity contribution in [3.05, 3.63) is 140 Å². The summed E-state index contributed by atoms with van der Waals surface area (Å²) in [4.78, 5) is 14.3. The van der Waals surface area contributed by atoms with E-state index in [0.717, 1.165) is 61.7 Å². The topological polar surface area (TPSA) is 47.9 Å². The summed E-state index contributed by atoms with van der Waals surface area (Å²) in [6, 6.07) is 43.6. The van der Waals surface area contributed by atoms with Crippen LogP contribution in [-0.2, 0) is 0 Å². The molecule has 0 saturated heterocycles. The molecule has 0 N–H and O–H groups in total. The monoisotopic (exact) mass is 525 g/mol. The molecule has 0 amide bonds. The first-order valence-corrected chi connectivity index (χ1v) is 13.6. The fourth-order valence-electron chi connectivity index (χ4n) is 5.55. The average molecular weight is 526 g/mol. The molecule has 8 rings (SSSR count). The molecule has 0 saturated carbocycles. The summed E-state index contributed by atoms with van der Waals surface area (Å²) in [6.45, 7) is 0. The molecule has 4 nitrogen and oxygen atoms in total. The highest BCUT2D eigenvalue weighted by Crippen LogP contribution is 2.47. The van der Waals surface area contributed by atoms with Crippen molar-refractivity contribution in [2.45, 2.75) is 0 Å². The van der Waals surface area contributed by atoms with E-state index in [9.17, 15) is 0 Å². The Morgan fingerprint density at radius 3 is 2.00 bits per heavy atom. The maximum absolute atomic E-state index is 6.34. The molecule has 0 fully saturated rings. The van der Waals surface area contributed by atoms with Gasteiger partial charge in [-0.2, -0.15) is 0 Å². The summed E-state index contributed by atoms with van der Waals surface area (Å²) in [5, 5.41) is 2.31. The molecule has 0 unspecified atom stereocenters. The van der Waals surface area contributed by atoms with Gasteiger partial charge in [0, 0.05) is 40.0 Å². The predicted octanol–water partition coefficient (Wildman–Crippen LogP) is 9.47. The van der Waals surface area contributed by atoms with Gasteiger partial charge in [0.2, 0.25) is 0 Å². The number of hydrogen-bond donors (Lipinski definition) is 0. The first-order chi connectivity index (χ1) is 20.3. The van der Waals surface area contributed by atoms with Crippen molar-refractivity contribution in [1.29, 1.82) is 0 Å². The van der Waals surface area contributed by atoms with E-state index in [1.54, 1.807) is 6.20 Å². The van der Waals surface area contributed by atoms with E-state index in [0.29, 0.717) is 5.82 Å². The minimum absolute atomic E-state index is 0.691. The Kier molecular flexibility index (Phi) is 5.42. The van der Waals surface area contributed by atoms with Crippen LogP contribution in [0.1, 0.15) is 0 Å². The molecule has 3 heterocycles. The lowest BCUT2D eigenvalue weighted by atomic mass is 9.93. The van der Waals surface area contributed by atoms with E-state index >= 15 is 0 Å². The van der Waals surface area contributed by atoms with Crippen molar-refractivity contribution >= 4 is 10.8 Å². The lowest BCUT2D eigenvalue weighted by Crippen LogP contribution is -1.99. The molecule has 4 heteroatoms. The summed E-state index contributed by atoms with van der Waals surface area (Å²) >= 11 is 0. The van der Waals surface area contributed by atoms with Gasteiger partial charge in [-0.05, 0) is 58.5 Å². The fourth-order valence-corrected chi connectivity index (χ4v) is 5.55. The molecular weight excluding hydrogens is 502 g/mol. The Morgan fingerprint density at radius 2 is 1.20 bits per heavy atom. The maximum Gasteiger partial charge on any atom is 0.160 e. The largest absolute Gasteiger partial charge is 0.456 e. The maximum atomic E-state index is 6.34. The van der Waals surface area contributed by atoms with E-state index < -0.39 is 0 Å². The van der Waals surface area contributed by atoms with Crippen molar-refractivity contribution in [3.63, 3.8) is 0 Å². The van der Waals surface area contributed by atoms with Gasteiger partial charge in [-0.1, -0.05) is 91.0 Å². The fraction of sp³-hybridized carbons (Fsp3) is 0. The van der Waals surface area contributed by atoms with Gasteiger partial charge in [0.05, 0.1) is 11.4 Å². The van der Waals surface area contributed by atoms with Crippen LogP contribution in [0.3, 0.4) is 0 Å². The normalized spacial score (nSPS) is 11.6. The van der Waals surface area contributed by atoms with Gasteiger partial charge in [0.15, 0.2) is 5.82 Å². The molecule has 0 atom stereocenters. The number of benzene rings is 5. The van der Waals surface area contributed by atoms with Crippen LogP contribution < -0.4 is 4.74 Å². The minimum atomic E-state index is 0.691. The highest BCUT2D eigenvalue weighted by atomic mass is 16.5. The zero-order valence-electron chi connectivity index (χ0n) is 22.0. The summed E-state index contributed by atoms with van der Waals surface area (Å²) in [5.74, 6) is 2.43. The molecular formula is C37H23N3O. The predicted molar refractivity (Wildman–Crippen MR) is 165 cm³/mol. The Morgan fingerprint density at radius 1 is 0.463 bits per heavy atom. The molecule has 192 valence electrons. The Bertz CT molecular complexity index is 2050. The standard InChI is InChI=1S/C37H23N3O/c1-2-7-27(8-3-1)37-39-32(25-16-14-24(15-17-25)29-11-6-20-38-23-29)22-33(40-37)28-18-19-34-31(21-28)30-12-4-9-26-10-5-13-35(41-34)36(26)30/h1-23H. The molecule has 1 aliphatic heterocycles. The number of rotatable bonds is 4. The first-order valence-electron chi connectivity index (χ1n) is 13.6. The van der Waals surface area contributed by atoms with Crippen molar-refractivity contribution in [2.75, 3.05) is 0 Å². The average Bonchev–Trinajstić information content (AvgIpc) is 3.05. The molecule has 0 radical (unpaired) electrons. The zero-order chi connectivity index (χ0) is 27.2. The molecule has 2 aromatic heterocycles. The third kappa shape index (κ3) is 4.14. The number of ether oxygens (including phenoxy) is 1. The van der Waals surface area contributed by atoms with Crippen LogP contribution in [0.4, 0.5) is 0 Å². The molecule has 5 aromatic carbocycles. The number of nitrogens with zero attached hydrogens (tertiary/aromatic N) is 3. The summed E-state index contributed by atoms with van der Waals surface area (Å²) in [6.07, 6.45) is 3.67. The highest BCUT2D eigenvalue weighted by Gasteiger charge is 2.21. The van der Waals surface area contributed by atoms with Gasteiger partial charge < -0.3 is 4.74 Å². The Balaban J connectivity index is 1.27. The number of aromatic nitrogens is 3. The van der Waals surface area contributed by atoms with Crippen molar-refractivity contribution in [1.82, 2.24) is 15.0 Å². The Labute approximate surface area is 237 Å². The molecule has 41 heavy (non-hydrogen) atoms. The third-order valence-electron chi connectivity index (χ3n) is 7.59. The van der Waals surface area contributed by atoms with E-state index in [1.165, 1.54) is 10.9 Å². The summed E-state index contributed by atoms with van der Waals surface area (Å²) < 4.78 is 6.34. The first kappa shape index (κ1) is 23.3. The summed E-state index contributed by atoms with van der Waals surface area (Å²) in [7, 11) is 0. The second kappa shape index (κ2) is 9.54. The third-order valence-corrected chi connectivity index (χ3v) is 7.59. The van der Waals surface area contributed by atoms with Crippen LogP contribution in [0.25, 0.3) is 66.9 Å². The van der Waals surface area contributed by atoms with Crippen molar-refractivity contribution in [3.8, 4) is 67.7 Å². The molecule has 0 spiro atoms. The SMILES string of the molecule is c1ccc(-c2nc(-c3ccc(-c4cccnc4)cc3)cc(-c3ccc4c(c3)-c3cccc5cccc(c35)O4)n2)cc1. The summed E-state index contributed by atoms with van der Waals surface area (Å²) in [5.41, 5.74) is 9.17. The van der Waals surface area contributed by atoms with Gasteiger partial charge in [0.25, 0.3) is 0 Å². The van der Waals surface area contributed by atoms with Crippen LogP contribution in [0.2, 0.25) is 0 Å². The van der Waals surface area contributed by atoms with E-state index in [4.69, 9.17) is 14.7 Å². The second-order valence-electron chi connectivity index (χ2n) is 10.1. The lowest BCUT2D eigenvalue weighted by Gasteiger charge is -2.22. The quantitative estimate of drug-likeness (QED) is 0.230. The lowest BCUT2D eigenvalue weighted by molar-refractivity contribution is 0.487. The Hall–Kier alpha value is -5.61. The van der Waals surface area contributed by atoms with Crippen LogP contribution in [0.15, 0.2) is 140 Å². The van der Waals surface area contributed by atoms with Gasteiger partial charge in [0.1, 0.15) is 11.5 Å². The molecule has 1 aliphatic rings. The second-order valence-corrected chi connectivity index (χ2v) is 10.1. The number of hydrogen-bond acceptors (Lipinski definition) is 4. The van der Waals surface area contributed by atoms with Crippen LogP contribution >= 0.6 is 0 Å². The van der Waals surface area contributed by atoms with Crippen LogP contribution in [0, 0.1) is 0 Å². The van der Waals surface area contributed by atoms with Gasteiger partial charge >= 0.3 is 0 Å². The van der Waals surface area contributed by atoms with Crippen LogP contribution in [-0.4, -0.2) is 15.0 Å². The minimum Gasteiger partial charge on any atom is -0.456 e. The number of pyridine rings is 1. The van der Waals surface area contributed by atoms with E-state index in [2.05, 4.69) is 77.8 Å². The molecule has 7 aromatic rings. The van der Waals surface area contributed by atoms with Crippen molar-refractivity contribution < 1.29 is 4.74 Å². The number of fused-ring (bicyclic) bond motifs is 2. The van der Waals surface area contributed by atoms with E-state index in [1.807, 2.05) is 60.8 Å². The van der Waals surface area contributed by atoms with Crippen molar-refractivity contribution in [2.24, 2.45) is 0 Å². The highest BCUT2D eigenvalue weighted by molar-refractivity contribution is 6.04. The van der Waals surface area contributed by atoms with Gasteiger partial charge in [-0.25, -0.2) is 9.97 Å². The molecule has 0 bridgehead atoms. The molecule has 0 aliphatic carbocycles. The zero-order valence-corrected chi connectivity index (χ0v) is 22.0. The van der Waals surface area contributed by atoms with Gasteiger partial charge in [-0.15, -0.1) is 0 Å². The van der Waals surface area contributed by atoms with Gasteiger partial charge in [-0.3, -0.25) is 4.98 Å². The van der Waals surface area contributed by atoms with Crippen LogP contribution in [0.5, 0.6) is 11.5 Å². The smallest absolute Gasteiger partial charge is 0.160 e. The van der Waals surface area contributed by atoms with E-state index in [-0.39, 0.29) is 0 Å².